The number of carbonyl (C=O) groups excluding carboxylic acids is 1. The number of nitrogens with zero attached hydrogens (tertiary/aromatic N) is 1. The van der Waals surface area contributed by atoms with Crippen LogP contribution in [-0.4, -0.2) is 17.6 Å². The molecule has 7 heteroatoms. The first-order chi connectivity index (χ1) is 12.6. The maximum atomic E-state index is 11.9. The van der Waals surface area contributed by atoms with E-state index >= 15 is 0 Å². The summed E-state index contributed by atoms with van der Waals surface area (Å²) in [4.78, 5) is 17.2. The third kappa shape index (κ3) is 3.25. The smallest absolute Gasteiger partial charge is 0.312 e. The summed E-state index contributed by atoms with van der Waals surface area (Å²) in [5.74, 6) is 0.969. The van der Waals surface area contributed by atoms with E-state index in [2.05, 4.69) is 4.98 Å². The molecule has 0 amide bonds. The number of halogens is 1. The van der Waals surface area contributed by atoms with Gasteiger partial charge in [-0.05, 0) is 31.2 Å². The molecule has 0 aliphatic carbocycles. The molecule has 3 heterocycles. The number of para-hydroxylation sites is 1. The number of oxazole rings is 1. The first kappa shape index (κ1) is 16.9. The van der Waals surface area contributed by atoms with Crippen LogP contribution in [0.1, 0.15) is 12.6 Å². The van der Waals surface area contributed by atoms with Gasteiger partial charge in [0.2, 0.25) is 0 Å². The second kappa shape index (κ2) is 6.97. The zero-order chi connectivity index (χ0) is 18.1. The SMILES string of the molecule is CCOC(=O)Cc1nc(-c2cc3ccccc3o2)oc1-c1ccc(Cl)s1. The molecule has 0 fully saturated rings. The number of benzene rings is 1. The summed E-state index contributed by atoms with van der Waals surface area (Å²) in [7, 11) is 0. The Morgan fingerprint density at radius 3 is 2.81 bits per heavy atom. The zero-order valence-electron chi connectivity index (χ0n) is 13.8. The highest BCUT2D eigenvalue weighted by atomic mass is 35.5. The Morgan fingerprint density at radius 1 is 1.23 bits per heavy atom. The maximum Gasteiger partial charge on any atom is 0.312 e. The van der Waals surface area contributed by atoms with Crippen molar-refractivity contribution in [1.82, 2.24) is 4.98 Å². The highest BCUT2D eigenvalue weighted by molar-refractivity contribution is 7.19. The van der Waals surface area contributed by atoms with E-state index in [0.29, 0.717) is 34.0 Å². The molecule has 0 radical (unpaired) electrons. The molecule has 0 saturated heterocycles. The molecule has 132 valence electrons. The summed E-state index contributed by atoms with van der Waals surface area (Å²) in [5.41, 5.74) is 1.24. The number of esters is 1. The monoisotopic (exact) mass is 387 g/mol. The number of furan rings is 1. The number of rotatable bonds is 5. The Labute approximate surface area is 158 Å². The first-order valence-corrected chi connectivity index (χ1v) is 9.23. The second-order valence-electron chi connectivity index (χ2n) is 5.53. The van der Waals surface area contributed by atoms with Gasteiger partial charge < -0.3 is 13.6 Å². The number of ether oxygens (including phenoxy) is 1. The topological polar surface area (TPSA) is 65.5 Å². The number of fused-ring (bicyclic) bond motifs is 1. The summed E-state index contributed by atoms with van der Waals surface area (Å²) in [6.45, 7) is 2.08. The molecule has 0 atom stereocenters. The molecule has 3 aromatic heterocycles. The lowest BCUT2D eigenvalue weighted by molar-refractivity contribution is -0.142. The van der Waals surface area contributed by atoms with Crippen molar-refractivity contribution >= 4 is 39.9 Å². The molecule has 4 rings (SSSR count). The first-order valence-electron chi connectivity index (χ1n) is 8.04. The van der Waals surface area contributed by atoms with Crippen molar-refractivity contribution < 1.29 is 18.4 Å². The zero-order valence-corrected chi connectivity index (χ0v) is 15.4. The normalized spacial score (nSPS) is 11.2. The number of hydrogen-bond donors (Lipinski definition) is 0. The van der Waals surface area contributed by atoms with Crippen molar-refractivity contribution in [1.29, 1.82) is 0 Å². The van der Waals surface area contributed by atoms with E-state index < -0.39 is 0 Å². The molecule has 0 saturated carbocycles. The van der Waals surface area contributed by atoms with Gasteiger partial charge in [-0.15, -0.1) is 11.3 Å². The van der Waals surface area contributed by atoms with Crippen molar-refractivity contribution in [2.75, 3.05) is 6.61 Å². The molecule has 1 aromatic carbocycles. The number of carbonyl (C=O) groups is 1. The van der Waals surface area contributed by atoms with Gasteiger partial charge in [-0.25, -0.2) is 4.98 Å². The van der Waals surface area contributed by atoms with Gasteiger partial charge in [0.25, 0.3) is 5.89 Å². The fourth-order valence-electron chi connectivity index (χ4n) is 2.64. The van der Waals surface area contributed by atoms with Crippen LogP contribution in [0.2, 0.25) is 4.34 Å². The van der Waals surface area contributed by atoms with E-state index in [1.54, 1.807) is 13.0 Å². The van der Waals surface area contributed by atoms with Crippen LogP contribution >= 0.6 is 22.9 Å². The van der Waals surface area contributed by atoms with Gasteiger partial charge in [0.05, 0.1) is 27.9 Å². The molecule has 0 N–H and O–H groups in total. The van der Waals surface area contributed by atoms with E-state index in [-0.39, 0.29) is 12.4 Å². The lowest BCUT2D eigenvalue weighted by Gasteiger charge is -1.99. The van der Waals surface area contributed by atoms with Gasteiger partial charge in [-0.1, -0.05) is 29.8 Å². The number of hydrogen-bond acceptors (Lipinski definition) is 6. The minimum atomic E-state index is -0.360. The number of thiophene rings is 1. The maximum absolute atomic E-state index is 11.9. The van der Waals surface area contributed by atoms with Crippen LogP contribution in [0, 0.1) is 0 Å². The van der Waals surface area contributed by atoms with Crippen molar-refractivity contribution in [3.63, 3.8) is 0 Å². The van der Waals surface area contributed by atoms with Crippen LogP contribution < -0.4 is 0 Å². The average Bonchev–Trinajstić information content (AvgIpc) is 3.32. The van der Waals surface area contributed by atoms with Gasteiger partial charge >= 0.3 is 5.97 Å². The van der Waals surface area contributed by atoms with Crippen LogP contribution in [0.5, 0.6) is 0 Å². The molecule has 0 bridgehead atoms. The second-order valence-corrected chi connectivity index (χ2v) is 7.24. The predicted octanol–water partition coefficient (Wildman–Crippen LogP) is 5.58. The van der Waals surface area contributed by atoms with Crippen molar-refractivity contribution in [3.05, 3.63) is 52.5 Å². The predicted molar refractivity (Wildman–Crippen MR) is 100 cm³/mol. The van der Waals surface area contributed by atoms with Gasteiger partial charge in [0, 0.05) is 5.39 Å². The van der Waals surface area contributed by atoms with E-state index in [1.165, 1.54) is 11.3 Å². The Hall–Kier alpha value is -2.57. The molecule has 26 heavy (non-hydrogen) atoms. The quantitative estimate of drug-likeness (QED) is 0.418. The number of aromatic nitrogens is 1. The lowest BCUT2D eigenvalue weighted by atomic mass is 10.2. The standard InChI is InChI=1S/C19H14ClNO4S/c1-2-23-17(22)10-12-18(15-7-8-16(20)26-15)25-19(21-12)14-9-11-5-3-4-6-13(11)24-14/h3-9H,2,10H2,1H3. The lowest BCUT2D eigenvalue weighted by Crippen LogP contribution is -2.08. The minimum Gasteiger partial charge on any atom is -0.466 e. The van der Waals surface area contributed by atoms with Gasteiger partial charge in [0.15, 0.2) is 11.5 Å². The molecular weight excluding hydrogens is 374 g/mol. The minimum absolute atomic E-state index is 0.0163. The Balaban J connectivity index is 1.78. The Bertz CT molecular complexity index is 1050. The Morgan fingerprint density at radius 2 is 2.08 bits per heavy atom. The van der Waals surface area contributed by atoms with Crippen LogP contribution in [-0.2, 0) is 16.0 Å². The van der Waals surface area contributed by atoms with Crippen molar-refractivity contribution in [3.8, 4) is 22.3 Å². The molecule has 0 aliphatic rings. The van der Waals surface area contributed by atoms with Gasteiger partial charge in [-0.2, -0.15) is 0 Å². The fourth-order valence-corrected chi connectivity index (χ4v) is 3.69. The van der Waals surface area contributed by atoms with Crippen LogP contribution in [0.3, 0.4) is 0 Å². The van der Waals surface area contributed by atoms with Gasteiger partial charge in [-0.3, -0.25) is 4.79 Å². The summed E-state index contributed by atoms with van der Waals surface area (Å²) >= 11 is 7.40. The molecule has 0 spiro atoms. The van der Waals surface area contributed by atoms with Gasteiger partial charge in [0.1, 0.15) is 5.58 Å². The summed E-state index contributed by atoms with van der Waals surface area (Å²) < 4.78 is 17.4. The molecule has 0 unspecified atom stereocenters. The van der Waals surface area contributed by atoms with Crippen LogP contribution in [0.15, 0.2) is 51.3 Å². The van der Waals surface area contributed by atoms with Crippen LogP contribution in [0.25, 0.3) is 33.3 Å². The van der Waals surface area contributed by atoms with E-state index in [4.69, 9.17) is 25.2 Å². The molecule has 4 aromatic rings. The summed E-state index contributed by atoms with van der Waals surface area (Å²) in [6, 6.07) is 13.1. The highest BCUT2D eigenvalue weighted by Crippen LogP contribution is 2.37. The summed E-state index contributed by atoms with van der Waals surface area (Å²) in [6.07, 6.45) is 0.0163. The third-order valence-corrected chi connectivity index (χ3v) is 4.98. The van der Waals surface area contributed by atoms with E-state index in [1.807, 2.05) is 36.4 Å². The van der Waals surface area contributed by atoms with Crippen LogP contribution in [0.4, 0.5) is 0 Å². The fraction of sp³-hybridized carbons (Fsp3) is 0.158. The van der Waals surface area contributed by atoms with E-state index in [9.17, 15) is 4.79 Å². The largest absolute Gasteiger partial charge is 0.466 e. The average molecular weight is 388 g/mol. The van der Waals surface area contributed by atoms with Crippen molar-refractivity contribution in [2.24, 2.45) is 0 Å². The Kier molecular flexibility index (Phi) is 4.53. The third-order valence-electron chi connectivity index (χ3n) is 3.75. The molecular formula is C19H14ClNO4S. The molecule has 5 nitrogen and oxygen atoms in total. The molecule has 0 aliphatic heterocycles. The summed E-state index contributed by atoms with van der Waals surface area (Å²) in [5, 5.41) is 0.952. The van der Waals surface area contributed by atoms with E-state index in [0.717, 1.165) is 15.8 Å². The van der Waals surface area contributed by atoms with Crippen molar-refractivity contribution in [2.45, 2.75) is 13.3 Å². The highest BCUT2D eigenvalue weighted by Gasteiger charge is 2.22.